The van der Waals surface area contributed by atoms with Gasteiger partial charge in [-0.2, -0.15) is 0 Å². The Morgan fingerprint density at radius 1 is 1.59 bits per heavy atom. The molecule has 0 aliphatic carbocycles. The average molecular weight is 237 g/mol. The number of guanidine groups is 1. The summed E-state index contributed by atoms with van der Waals surface area (Å²) in [5.74, 6) is 5.92. The number of nitrogens with zero attached hydrogens (tertiary/aromatic N) is 2. The van der Waals surface area contributed by atoms with Crippen molar-refractivity contribution in [3.63, 3.8) is 0 Å². The van der Waals surface area contributed by atoms with Crippen LogP contribution in [0.15, 0.2) is 23.5 Å². The zero-order chi connectivity index (χ0) is 12.5. The Morgan fingerprint density at radius 3 is 3.06 bits per heavy atom. The second-order valence-corrected chi connectivity index (χ2v) is 3.54. The first-order valence-corrected chi connectivity index (χ1v) is 5.45. The largest absolute Gasteiger partial charge is 0.385 e. The fraction of sp³-hybridized carbons (Fsp3) is 0.455. The van der Waals surface area contributed by atoms with Crippen LogP contribution in [0.4, 0.5) is 5.69 Å². The third-order valence-electron chi connectivity index (χ3n) is 2.21. The van der Waals surface area contributed by atoms with Gasteiger partial charge in [-0.25, -0.2) is 5.84 Å². The lowest BCUT2D eigenvalue weighted by molar-refractivity contribution is 0.197. The highest BCUT2D eigenvalue weighted by Crippen LogP contribution is 2.10. The topological polar surface area (TPSA) is 84.6 Å². The minimum absolute atomic E-state index is 0.525. The van der Waals surface area contributed by atoms with Crippen LogP contribution in [0.3, 0.4) is 0 Å². The van der Waals surface area contributed by atoms with Gasteiger partial charge >= 0.3 is 0 Å². The van der Waals surface area contributed by atoms with E-state index in [2.05, 4.69) is 20.7 Å². The molecular formula is C11H19N5O. The maximum absolute atomic E-state index is 5.39. The second kappa shape index (κ2) is 7.59. The molecule has 0 saturated carbocycles. The van der Waals surface area contributed by atoms with Crippen molar-refractivity contribution in [2.45, 2.75) is 13.3 Å². The highest BCUT2D eigenvalue weighted by molar-refractivity contribution is 5.93. The van der Waals surface area contributed by atoms with Crippen LogP contribution in [-0.2, 0) is 4.74 Å². The van der Waals surface area contributed by atoms with E-state index in [9.17, 15) is 0 Å². The fourth-order valence-electron chi connectivity index (χ4n) is 1.24. The van der Waals surface area contributed by atoms with Crippen molar-refractivity contribution in [1.82, 2.24) is 10.4 Å². The van der Waals surface area contributed by atoms with E-state index in [0.29, 0.717) is 19.1 Å². The molecule has 0 aromatic carbocycles. The molecule has 4 N–H and O–H groups in total. The average Bonchev–Trinajstić information content (AvgIpc) is 2.35. The molecule has 0 spiro atoms. The summed E-state index contributed by atoms with van der Waals surface area (Å²) in [5.41, 5.74) is 4.49. The summed E-state index contributed by atoms with van der Waals surface area (Å²) < 4.78 is 4.94. The molecule has 0 amide bonds. The second-order valence-electron chi connectivity index (χ2n) is 3.54. The third kappa shape index (κ3) is 4.80. The maximum atomic E-state index is 5.39. The van der Waals surface area contributed by atoms with Crippen LogP contribution in [0, 0.1) is 6.92 Å². The molecule has 1 aromatic rings. The molecule has 0 saturated heterocycles. The predicted molar refractivity (Wildman–Crippen MR) is 68.7 cm³/mol. The van der Waals surface area contributed by atoms with Crippen LogP contribution in [0.25, 0.3) is 0 Å². The molecular weight excluding hydrogens is 218 g/mol. The first-order valence-electron chi connectivity index (χ1n) is 5.45. The lowest BCUT2D eigenvalue weighted by atomic mass is 10.2. The minimum atomic E-state index is 0.525. The van der Waals surface area contributed by atoms with Gasteiger partial charge in [0.05, 0.1) is 11.9 Å². The van der Waals surface area contributed by atoms with E-state index in [-0.39, 0.29) is 0 Å². The summed E-state index contributed by atoms with van der Waals surface area (Å²) >= 11 is 0. The summed E-state index contributed by atoms with van der Waals surface area (Å²) in [7, 11) is 1.67. The van der Waals surface area contributed by atoms with Crippen LogP contribution < -0.4 is 16.6 Å². The standard InChI is InChI=1S/C11H19N5O/c1-9-4-6-13-8-10(9)15-11(16-12)14-5-3-7-17-2/h4,6,8H,3,5,7,12H2,1-2H3,(H2,14,15,16). The molecule has 0 unspecified atom stereocenters. The van der Waals surface area contributed by atoms with Gasteiger partial charge < -0.3 is 10.1 Å². The van der Waals surface area contributed by atoms with E-state index in [1.165, 1.54) is 0 Å². The van der Waals surface area contributed by atoms with E-state index in [4.69, 9.17) is 10.6 Å². The Morgan fingerprint density at radius 2 is 2.41 bits per heavy atom. The smallest absolute Gasteiger partial charge is 0.210 e. The van der Waals surface area contributed by atoms with Gasteiger partial charge in [0.15, 0.2) is 0 Å². The SMILES string of the molecule is COCCCN=C(NN)Nc1cnccc1C. The summed E-state index contributed by atoms with van der Waals surface area (Å²) in [5, 5.41) is 3.08. The van der Waals surface area contributed by atoms with Gasteiger partial charge in [0, 0.05) is 26.5 Å². The van der Waals surface area contributed by atoms with Crippen molar-refractivity contribution in [3.8, 4) is 0 Å². The molecule has 1 rings (SSSR count). The first kappa shape index (κ1) is 13.4. The Hall–Kier alpha value is -1.66. The van der Waals surface area contributed by atoms with E-state index >= 15 is 0 Å². The summed E-state index contributed by atoms with van der Waals surface area (Å²) in [4.78, 5) is 8.31. The maximum Gasteiger partial charge on any atom is 0.210 e. The van der Waals surface area contributed by atoms with Crippen LogP contribution >= 0.6 is 0 Å². The molecule has 0 bridgehead atoms. The van der Waals surface area contributed by atoms with Crippen molar-refractivity contribution in [2.75, 3.05) is 25.6 Å². The van der Waals surface area contributed by atoms with Crippen LogP contribution in [0.1, 0.15) is 12.0 Å². The quantitative estimate of drug-likeness (QED) is 0.230. The number of hydrazine groups is 1. The van der Waals surface area contributed by atoms with Gasteiger partial charge in [-0.15, -0.1) is 0 Å². The molecule has 6 nitrogen and oxygen atoms in total. The van der Waals surface area contributed by atoms with E-state index in [0.717, 1.165) is 17.7 Å². The third-order valence-corrected chi connectivity index (χ3v) is 2.21. The molecule has 0 radical (unpaired) electrons. The van der Waals surface area contributed by atoms with Gasteiger partial charge in [-0.1, -0.05) is 0 Å². The highest BCUT2D eigenvalue weighted by Gasteiger charge is 2.00. The number of nitrogens with two attached hydrogens (primary N) is 1. The fourth-order valence-corrected chi connectivity index (χ4v) is 1.24. The van der Waals surface area contributed by atoms with Crippen molar-refractivity contribution in [3.05, 3.63) is 24.0 Å². The van der Waals surface area contributed by atoms with Gasteiger partial charge in [-0.3, -0.25) is 15.4 Å². The highest BCUT2D eigenvalue weighted by atomic mass is 16.5. The van der Waals surface area contributed by atoms with Crippen molar-refractivity contribution < 1.29 is 4.74 Å². The molecule has 94 valence electrons. The number of aromatic nitrogens is 1. The number of anilines is 1. The number of methoxy groups -OCH3 is 1. The van der Waals surface area contributed by atoms with Gasteiger partial charge in [-0.05, 0) is 25.0 Å². The summed E-state index contributed by atoms with van der Waals surface area (Å²) in [6.45, 7) is 3.33. The number of hydrogen-bond donors (Lipinski definition) is 3. The van der Waals surface area contributed by atoms with Crippen LogP contribution in [0.2, 0.25) is 0 Å². The Balaban J connectivity index is 2.54. The number of aryl methyl sites for hydroxylation is 1. The first-order chi connectivity index (χ1) is 8.27. The van der Waals surface area contributed by atoms with Gasteiger partial charge in [0.1, 0.15) is 0 Å². The lowest BCUT2D eigenvalue weighted by Crippen LogP contribution is -2.36. The summed E-state index contributed by atoms with van der Waals surface area (Å²) in [6, 6.07) is 1.92. The molecule has 6 heteroatoms. The number of rotatable bonds is 5. The van der Waals surface area contributed by atoms with Crippen molar-refractivity contribution in [1.29, 1.82) is 0 Å². The molecule has 0 atom stereocenters. The van der Waals surface area contributed by atoms with Crippen LogP contribution in [-0.4, -0.2) is 31.2 Å². The zero-order valence-electron chi connectivity index (χ0n) is 10.2. The Labute approximate surface area is 101 Å². The molecule has 17 heavy (non-hydrogen) atoms. The minimum Gasteiger partial charge on any atom is -0.385 e. The van der Waals surface area contributed by atoms with E-state index in [1.54, 1.807) is 19.5 Å². The molecule has 0 aliphatic heterocycles. The summed E-state index contributed by atoms with van der Waals surface area (Å²) in [6.07, 6.45) is 4.33. The number of nitrogens with one attached hydrogen (secondary N) is 2. The molecule has 0 aliphatic rings. The monoisotopic (exact) mass is 237 g/mol. The van der Waals surface area contributed by atoms with Crippen molar-refractivity contribution in [2.24, 2.45) is 10.8 Å². The van der Waals surface area contributed by atoms with Gasteiger partial charge in [0.25, 0.3) is 0 Å². The molecule has 0 fully saturated rings. The van der Waals surface area contributed by atoms with E-state index in [1.807, 2.05) is 13.0 Å². The lowest BCUT2D eigenvalue weighted by Gasteiger charge is -2.10. The Bertz CT molecular complexity index is 367. The normalized spacial score (nSPS) is 11.4. The number of aliphatic imine (C=N–C) groups is 1. The van der Waals surface area contributed by atoms with Crippen molar-refractivity contribution >= 4 is 11.6 Å². The molecule has 1 heterocycles. The number of ether oxygens (including phenoxy) is 1. The predicted octanol–water partition coefficient (Wildman–Crippen LogP) is 0.658. The van der Waals surface area contributed by atoms with Crippen LogP contribution in [0.5, 0.6) is 0 Å². The van der Waals surface area contributed by atoms with Gasteiger partial charge in [0.2, 0.25) is 5.96 Å². The molecule has 1 aromatic heterocycles. The number of pyridine rings is 1. The Kier molecular flexibility index (Phi) is 5.98. The zero-order valence-corrected chi connectivity index (χ0v) is 10.2. The van der Waals surface area contributed by atoms with E-state index < -0.39 is 0 Å². The number of hydrogen-bond acceptors (Lipinski definition) is 4.